The van der Waals surface area contributed by atoms with Crippen LogP contribution in [-0.4, -0.2) is 16.2 Å². The first-order valence-corrected chi connectivity index (χ1v) is 8.31. The maximum Gasteiger partial charge on any atom is 0.270 e. The number of nitrogens with one attached hydrogen (secondary N) is 1. The van der Waals surface area contributed by atoms with Crippen LogP contribution in [0.1, 0.15) is 5.56 Å². The normalized spacial score (nSPS) is 10.3. The van der Waals surface area contributed by atoms with Crippen molar-refractivity contribution < 1.29 is 4.39 Å². The Morgan fingerprint density at radius 3 is 2.85 bits per heavy atom. The van der Waals surface area contributed by atoms with Crippen LogP contribution in [0.15, 0.2) is 26.6 Å². The van der Waals surface area contributed by atoms with E-state index in [1.807, 2.05) is 28.7 Å². The van der Waals surface area contributed by atoms with E-state index in [-0.39, 0.29) is 11.3 Å². The Kier molecular flexibility index (Phi) is 4.82. The van der Waals surface area contributed by atoms with Crippen molar-refractivity contribution in [1.82, 2.24) is 9.97 Å². The van der Waals surface area contributed by atoms with Gasteiger partial charge in [0, 0.05) is 9.13 Å². The van der Waals surface area contributed by atoms with E-state index in [2.05, 4.69) is 25.9 Å². The topological polar surface area (TPSA) is 69.5 Å². The third kappa shape index (κ3) is 2.89. The lowest BCUT2D eigenvalue weighted by Gasteiger charge is -2.08. The van der Waals surface area contributed by atoms with Gasteiger partial charge in [0.15, 0.2) is 5.16 Å². The molecule has 0 unspecified atom stereocenters. The van der Waals surface area contributed by atoms with Crippen LogP contribution in [0.25, 0.3) is 11.3 Å². The lowest BCUT2D eigenvalue weighted by atomic mass is 10.1. The molecule has 1 aromatic heterocycles. The van der Waals surface area contributed by atoms with E-state index in [0.29, 0.717) is 18.8 Å². The number of hydrogen-bond donors (Lipinski definition) is 1. The van der Waals surface area contributed by atoms with Crippen LogP contribution in [0, 0.1) is 20.7 Å². The maximum absolute atomic E-state index is 13.7. The van der Waals surface area contributed by atoms with Crippen LogP contribution in [0.5, 0.6) is 0 Å². The van der Waals surface area contributed by atoms with Gasteiger partial charge in [0.2, 0.25) is 0 Å². The van der Waals surface area contributed by atoms with Crippen LogP contribution in [-0.2, 0) is 0 Å². The van der Waals surface area contributed by atoms with Crippen LogP contribution in [0.3, 0.4) is 0 Å². The average molecular weight is 466 g/mol. The summed E-state index contributed by atoms with van der Waals surface area (Å²) in [7, 11) is 0. The first-order valence-electron chi connectivity index (χ1n) is 5.21. The van der Waals surface area contributed by atoms with E-state index in [1.54, 1.807) is 12.3 Å². The standard InChI is InChI=1S/C12H6BrFIN3OS/c1-20-12-17-10(6(4-16)11(19)18-12)5-2-8(14)7(13)3-9(5)15/h2-3H,1H3,(H,17,18,19). The fourth-order valence-corrected chi connectivity index (χ4v) is 3.42. The number of aromatic amines is 1. The Balaban J connectivity index is 2.82. The van der Waals surface area contributed by atoms with Gasteiger partial charge in [-0.3, -0.25) is 4.79 Å². The first kappa shape index (κ1) is 15.5. The van der Waals surface area contributed by atoms with E-state index in [0.717, 1.165) is 0 Å². The predicted octanol–water partition coefficient (Wildman–Crippen LogP) is 3.54. The summed E-state index contributed by atoms with van der Waals surface area (Å²) in [4.78, 5) is 18.6. The maximum atomic E-state index is 13.7. The van der Waals surface area contributed by atoms with E-state index in [9.17, 15) is 9.18 Å². The second kappa shape index (κ2) is 6.24. The Morgan fingerprint density at radius 1 is 1.55 bits per heavy atom. The molecule has 0 saturated carbocycles. The second-order valence-corrected chi connectivity index (χ2v) is 6.47. The number of hydrogen-bond acceptors (Lipinski definition) is 4. The molecule has 2 rings (SSSR count). The van der Waals surface area contributed by atoms with E-state index < -0.39 is 11.4 Å². The van der Waals surface area contributed by atoms with E-state index in [4.69, 9.17) is 5.26 Å². The molecule has 4 nitrogen and oxygen atoms in total. The highest BCUT2D eigenvalue weighted by molar-refractivity contribution is 14.1. The molecule has 20 heavy (non-hydrogen) atoms. The summed E-state index contributed by atoms with van der Waals surface area (Å²) in [6.07, 6.45) is 1.75. The van der Waals surface area contributed by atoms with Gasteiger partial charge in [-0.1, -0.05) is 11.8 Å². The summed E-state index contributed by atoms with van der Waals surface area (Å²) < 4.78 is 14.7. The van der Waals surface area contributed by atoms with Gasteiger partial charge >= 0.3 is 0 Å². The van der Waals surface area contributed by atoms with Crippen LogP contribution in [0.4, 0.5) is 4.39 Å². The Hall–Kier alpha value is -0.920. The summed E-state index contributed by atoms with van der Waals surface area (Å²) in [6, 6.07) is 4.66. The molecule has 0 spiro atoms. The zero-order valence-corrected chi connectivity index (χ0v) is 14.6. The van der Waals surface area contributed by atoms with Crippen molar-refractivity contribution in [2.75, 3.05) is 6.26 Å². The second-order valence-electron chi connectivity index (χ2n) is 3.66. The molecular weight excluding hydrogens is 460 g/mol. The van der Waals surface area contributed by atoms with Crippen molar-refractivity contribution in [2.24, 2.45) is 0 Å². The smallest absolute Gasteiger partial charge is 0.270 e. The molecule has 102 valence electrons. The molecule has 1 N–H and O–H groups in total. The predicted molar refractivity (Wildman–Crippen MR) is 87.2 cm³/mol. The van der Waals surface area contributed by atoms with Crippen molar-refractivity contribution in [2.45, 2.75) is 5.16 Å². The molecule has 0 radical (unpaired) electrons. The van der Waals surface area contributed by atoms with Crippen LogP contribution < -0.4 is 5.56 Å². The van der Waals surface area contributed by atoms with Gasteiger partial charge < -0.3 is 4.98 Å². The number of thioether (sulfide) groups is 1. The zero-order valence-electron chi connectivity index (χ0n) is 10.00. The SMILES string of the molecule is CSc1nc(-c2cc(F)c(Br)cc2I)c(C#N)c(=O)[nH]1. The fourth-order valence-electron chi connectivity index (χ4n) is 1.55. The lowest BCUT2D eigenvalue weighted by molar-refractivity contribution is 0.621. The van der Waals surface area contributed by atoms with Gasteiger partial charge in [-0.05, 0) is 56.9 Å². The molecule has 1 aromatic carbocycles. The molecule has 0 atom stereocenters. The Labute approximate surface area is 140 Å². The number of aromatic nitrogens is 2. The molecule has 0 aliphatic carbocycles. The largest absolute Gasteiger partial charge is 0.300 e. The first-order chi connectivity index (χ1) is 9.47. The minimum absolute atomic E-state index is 0.123. The van der Waals surface area contributed by atoms with Gasteiger partial charge in [0.05, 0.1) is 10.2 Å². The molecule has 1 heterocycles. The zero-order chi connectivity index (χ0) is 14.9. The van der Waals surface area contributed by atoms with Crippen molar-refractivity contribution in [3.8, 4) is 17.3 Å². The highest BCUT2D eigenvalue weighted by Crippen LogP contribution is 2.30. The third-order valence-electron chi connectivity index (χ3n) is 2.47. The van der Waals surface area contributed by atoms with Crippen molar-refractivity contribution in [1.29, 1.82) is 5.26 Å². The van der Waals surface area contributed by atoms with Gasteiger partial charge in [0.1, 0.15) is 17.4 Å². The fraction of sp³-hybridized carbons (Fsp3) is 0.0833. The third-order valence-corrected chi connectivity index (χ3v) is 4.55. The number of H-pyrrole nitrogens is 1. The summed E-state index contributed by atoms with van der Waals surface area (Å²) in [5.41, 5.74) is -0.0379. The van der Waals surface area contributed by atoms with Gasteiger partial charge in [-0.25, -0.2) is 9.37 Å². The number of benzene rings is 1. The van der Waals surface area contributed by atoms with Crippen molar-refractivity contribution in [3.05, 3.63) is 41.9 Å². The van der Waals surface area contributed by atoms with Gasteiger partial charge in [-0.15, -0.1) is 0 Å². The minimum Gasteiger partial charge on any atom is -0.300 e. The number of rotatable bonds is 2. The van der Waals surface area contributed by atoms with Gasteiger partial charge in [-0.2, -0.15) is 5.26 Å². The number of nitriles is 1. The lowest BCUT2D eigenvalue weighted by Crippen LogP contribution is -2.15. The monoisotopic (exact) mass is 465 g/mol. The molecule has 0 aliphatic heterocycles. The summed E-state index contributed by atoms with van der Waals surface area (Å²) in [6.45, 7) is 0. The molecule has 0 amide bonds. The highest BCUT2D eigenvalue weighted by Gasteiger charge is 2.17. The van der Waals surface area contributed by atoms with Crippen molar-refractivity contribution >= 4 is 50.3 Å². The van der Waals surface area contributed by atoms with Crippen LogP contribution in [0.2, 0.25) is 0 Å². The molecule has 0 bridgehead atoms. The van der Waals surface area contributed by atoms with Gasteiger partial charge in [0.25, 0.3) is 5.56 Å². The quantitative estimate of drug-likeness (QED) is 0.319. The molecule has 0 fully saturated rings. The summed E-state index contributed by atoms with van der Waals surface area (Å²) >= 11 is 6.35. The molecular formula is C12H6BrFIN3OS. The summed E-state index contributed by atoms with van der Waals surface area (Å²) in [5, 5.41) is 9.49. The minimum atomic E-state index is -0.527. The number of nitrogens with zero attached hydrogens (tertiary/aromatic N) is 2. The summed E-state index contributed by atoms with van der Waals surface area (Å²) in [5.74, 6) is -0.475. The van der Waals surface area contributed by atoms with Crippen molar-refractivity contribution in [3.63, 3.8) is 0 Å². The molecule has 2 aromatic rings. The highest BCUT2D eigenvalue weighted by atomic mass is 127. The van der Waals surface area contributed by atoms with Crippen LogP contribution >= 0.6 is 50.3 Å². The van der Waals surface area contributed by atoms with E-state index >= 15 is 0 Å². The number of halogens is 3. The molecule has 0 saturated heterocycles. The average Bonchev–Trinajstić information content (AvgIpc) is 2.42. The molecule has 8 heteroatoms. The van der Waals surface area contributed by atoms with E-state index in [1.165, 1.54) is 17.8 Å². The Bertz CT molecular complexity index is 787. The Morgan fingerprint density at radius 2 is 2.25 bits per heavy atom. The molecule has 0 aliphatic rings.